The third kappa shape index (κ3) is 5.05. The molecule has 1 unspecified atom stereocenters. The van der Waals surface area contributed by atoms with E-state index >= 15 is 0 Å². The lowest BCUT2D eigenvalue weighted by Crippen LogP contribution is -2.19. The monoisotopic (exact) mass is 513 g/mol. The number of ketones is 1. The Morgan fingerprint density at radius 1 is 1.08 bits per heavy atom. The van der Waals surface area contributed by atoms with Gasteiger partial charge in [-0.1, -0.05) is 35.5 Å². The van der Waals surface area contributed by atoms with Crippen LogP contribution in [0, 0.1) is 5.92 Å². The first-order valence-electron chi connectivity index (χ1n) is 11.4. The number of carbonyl (C=O) groups is 1. The Balaban J connectivity index is 1.33. The van der Waals surface area contributed by atoms with E-state index in [1.54, 1.807) is 42.5 Å². The molecule has 1 aliphatic carbocycles. The van der Waals surface area contributed by atoms with Crippen molar-refractivity contribution < 1.29 is 27.6 Å². The number of aromatic nitrogens is 2. The van der Waals surface area contributed by atoms with Gasteiger partial charge in [0.2, 0.25) is 5.82 Å². The summed E-state index contributed by atoms with van der Waals surface area (Å²) in [5.41, 5.74) is 2.05. The van der Waals surface area contributed by atoms with E-state index in [9.17, 15) is 18.0 Å². The Kier molecular flexibility index (Phi) is 6.63. The van der Waals surface area contributed by atoms with Gasteiger partial charge >= 0.3 is 6.18 Å². The van der Waals surface area contributed by atoms with Crippen LogP contribution in [0.3, 0.4) is 0 Å². The van der Waals surface area contributed by atoms with E-state index in [1.807, 2.05) is 12.1 Å². The largest absolute Gasteiger partial charge is 0.426 e. The molecule has 0 bridgehead atoms. The summed E-state index contributed by atoms with van der Waals surface area (Å²) >= 11 is 0.587. The summed E-state index contributed by atoms with van der Waals surface area (Å²) in [6.07, 6.45) is -2.23. The number of halogens is 3. The summed E-state index contributed by atoms with van der Waals surface area (Å²) in [6, 6.07) is 17.3. The molecule has 186 valence electrons. The highest BCUT2D eigenvalue weighted by Crippen LogP contribution is 2.45. The van der Waals surface area contributed by atoms with Crippen molar-refractivity contribution in [3.05, 3.63) is 65.5 Å². The number of aliphatic hydroxyl groups excluding tert-OH is 1. The summed E-state index contributed by atoms with van der Waals surface area (Å²) in [5, 5.41) is 16.4. The highest BCUT2D eigenvalue weighted by atomic mass is 32.1. The van der Waals surface area contributed by atoms with Crippen LogP contribution in [0.1, 0.15) is 24.1 Å². The summed E-state index contributed by atoms with van der Waals surface area (Å²) in [4.78, 5) is 15.6. The smallest absolute Gasteiger partial charge is 0.389 e. The number of aliphatic hydroxyl groups is 1. The van der Waals surface area contributed by atoms with Gasteiger partial charge in [0, 0.05) is 28.8 Å². The van der Waals surface area contributed by atoms with Crippen molar-refractivity contribution in [1.29, 1.82) is 0 Å². The summed E-state index contributed by atoms with van der Waals surface area (Å²) in [7, 11) is 0. The molecular formula is C26H22F3N3O3S. The lowest BCUT2D eigenvalue weighted by atomic mass is 10.0. The van der Waals surface area contributed by atoms with E-state index in [2.05, 4.69) is 15.5 Å². The van der Waals surface area contributed by atoms with Gasteiger partial charge in [-0.15, -0.1) is 11.3 Å². The van der Waals surface area contributed by atoms with E-state index in [-0.39, 0.29) is 39.9 Å². The third-order valence-electron chi connectivity index (χ3n) is 6.27. The number of thiophene rings is 1. The Hall–Kier alpha value is -3.50. The fraction of sp³-hybridized carbons (Fsp3) is 0.269. The van der Waals surface area contributed by atoms with Crippen LogP contribution in [0.5, 0.6) is 0 Å². The molecule has 6 nitrogen and oxygen atoms in total. The van der Waals surface area contributed by atoms with Crippen LogP contribution in [0.4, 0.5) is 18.9 Å². The number of alkyl halides is 3. The molecule has 5 rings (SSSR count). The molecule has 0 aliphatic heterocycles. The topological polar surface area (TPSA) is 88.2 Å². The van der Waals surface area contributed by atoms with Crippen LogP contribution < -0.4 is 5.32 Å². The minimum atomic E-state index is -4.51. The van der Waals surface area contributed by atoms with Crippen LogP contribution in [0.25, 0.3) is 33.3 Å². The maximum Gasteiger partial charge on any atom is 0.426 e. The molecule has 0 saturated heterocycles. The molecule has 2 aromatic heterocycles. The standard InChI is InChI=1S/C26H22F3N3O3S/c27-26(28,29)23-20(15-4-2-1-3-5-15)13-22(36-23)24-31-25(35-32-24)16-6-9-18(10-7-16)30-19-11-8-17(12-19)21(34)14-33/h1-7,9-10,13,17,19,30,33H,8,11-12,14H2/t17-,19?/m1/s1. The second-order valence-corrected chi connectivity index (χ2v) is 9.75. The maximum atomic E-state index is 13.7. The number of Topliss-reactive ketones (excluding diaryl/α,β-unsaturated/α-hetero) is 1. The molecule has 1 fully saturated rings. The van der Waals surface area contributed by atoms with Crippen LogP contribution in [0.2, 0.25) is 0 Å². The normalized spacial score (nSPS) is 17.9. The lowest BCUT2D eigenvalue weighted by Gasteiger charge is -2.14. The average molecular weight is 514 g/mol. The fourth-order valence-corrected chi connectivity index (χ4v) is 5.44. The zero-order valence-electron chi connectivity index (χ0n) is 19.0. The number of rotatable bonds is 7. The Bertz CT molecular complexity index is 1350. The van der Waals surface area contributed by atoms with Crippen molar-refractivity contribution in [3.8, 4) is 33.3 Å². The van der Waals surface area contributed by atoms with Gasteiger partial charge < -0.3 is 14.9 Å². The first kappa shape index (κ1) is 24.2. The zero-order chi connectivity index (χ0) is 25.3. The van der Waals surface area contributed by atoms with Gasteiger partial charge in [0.25, 0.3) is 5.89 Å². The number of benzene rings is 2. The van der Waals surface area contributed by atoms with Gasteiger partial charge in [0.1, 0.15) is 11.5 Å². The summed E-state index contributed by atoms with van der Waals surface area (Å²) < 4.78 is 46.5. The molecule has 1 aliphatic rings. The lowest BCUT2D eigenvalue weighted by molar-refractivity contribution is -0.133. The van der Waals surface area contributed by atoms with Crippen molar-refractivity contribution in [3.63, 3.8) is 0 Å². The van der Waals surface area contributed by atoms with Crippen LogP contribution >= 0.6 is 11.3 Å². The van der Waals surface area contributed by atoms with Gasteiger partial charge in [-0.3, -0.25) is 4.79 Å². The van der Waals surface area contributed by atoms with Crippen LogP contribution in [0.15, 0.2) is 65.2 Å². The molecule has 36 heavy (non-hydrogen) atoms. The molecule has 10 heteroatoms. The van der Waals surface area contributed by atoms with E-state index < -0.39 is 17.7 Å². The molecular weight excluding hydrogens is 491 g/mol. The number of hydrogen-bond donors (Lipinski definition) is 2. The van der Waals surface area contributed by atoms with E-state index in [4.69, 9.17) is 9.63 Å². The maximum absolute atomic E-state index is 13.7. The van der Waals surface area contributed by atoms with Crippen LogP contribution in [-0.4, -0.2) is 33.7 Å². The summed E-state index contributed by atoms with van der Waals surface area (Å²) in [6.45, 7) is -0.422. The predicted octanol–water partition coefficient (Wildman–Crippen LogP) is 6.29. The zero-order valence-corrected chi connectivity index (χ0v) is 19.8. The number of nitrogens with zero attached hydrogens (tertiary/aromatic N) is 2. The second kappa shape index (κ2) is 9.87. The molecule has 0 spiro atoms. The van der Waals surface area contributed by atoms with Crippen LogP contribution in [-0.2, 0) is 11.0 Å². The van der Waals surface area contributed by atoms with Gasteiger partial charge in [0.15, 0.2) is 5.78 Å². The van der Waals surface area contributed by atoms with Crippen molar-refractivity contribution >= 4 is 22.8 Å². The minimum absolute atomic E-state index is 0.0831. The molecule has 2 atom stereocenters. The van der Waals surface area contributed by atoms with Crippen molar-refractivity contribution in [2.45, 2.75) is 31.5 Å². The Labute approximate surface area is 208 Å². The van der Waals surface area contributed by atoms with Gasteiger partial charge in [-0.05, 0) is 55.2 Å². The SMILES string of the molecule is O=C(CO)[C@@H]1CCC(Nc2ccc(-c3nc(-c4cc(-c5ccccc5)c(C(F)(F)F)s4)no3)cc2)C1. The highest BCUT2D eigenvalue weighted by Gasteiger charge is 2.37. The molecule has 0 radical (unpaired) electrons. The van der Waals surface area contributed by atoms with Gasteiger partial charge in [-0.25, -0.2) is 0 Å². The predicted molar refractivity (Wildman–Crippen MR) is 130 cm³/mol. The molecule has 2 heterocycles. The molecule has 2 N–H and O–H groups in total. The number of hydrogen-bond acceptors (Lipinski definition) is 7. The number of nitrogens with one attached hydrogen (secondary N) is 1. The molecule has 1 saturated carbocycles. The minimum Gasteiger partial charge on any atom is -0.389 e. The van der Waals surface area contributed by atoms with Crippen molar-refractivity contribution in [1.82, 2.24) is 10.1 Å². The second-order valence-electron chi connectivity index (χ2n) is 8.69. The Morgan fingerprint density at radius 3 is 2.53 bits per heavy atom. The van der Waals surface area contributed by atoms with Crippen molar-refractivity contribution in [2.75, 3.05) is 11.9 Å². The Morgan fingerprint density at radius 2 is 1.83 bits per heavy atom. The molecule has 4 aromatic rings. The van der Waals surface area contributed by atoms with Gasteiger partial charge in [-0.2, -0.15) is 18.2 Å². The van der Waals surface area contributed by atoms with E-state index in [0.29, 0.717) is 28.9 Å². The molecule has 0 amide bonds. The molecule has 2 aromatic carbocycles. The first-order valence-corrected chi connectivity index (χ1v) is 12.2. The number of anilines is 1. The highest BCUT2D eigenvalue weighted by molar-refractivity contribution is 7.16. The average Bonchev–Trinajstić information content (AvgIpc) is 3.63. The van der Waals surface area contributed by atoms with Crippen molar-refractivity contribution in [2.24, 2.45) is 5.92 Å². The third-order valence-corrected chi connectivity index (χ3v) is 7.44. The first-order chi connectivity index (χ1) is 17.3. The number of carbonyl (C=O) groups excluding carboxylic acids is 1. The fourth-order valence-electron chi connectivity index (χ4n) is 4.46. The van der Waals surface area contributed by atoms with Gasteiger partial charge in [0.05, 0.1) is 4.88 Å². The van der Waals surface area contributed by atoms with E-state index in [1.165, 1.54) is 6.07 Å². The quantitative estimate of drug-likeness (QED) is 0.302. The van der Waals surface area contributed by atoms with E-state index in [0.717, 1.165) is 18.5 Å². The summed E-state index contributed by atoms with van der Waals surface area (Å²) in [5.74, 6) is 0.0663.